The van der Waals surface area contributed by atoms with Gasteiger partial charge in [0.25, 0.3) is 0 Å². The smallest absolute Gasteiger partial charge is 0.141 e. The van der Waals surface area contributed by atoms with Crippen LogP contribution in [-0.4, -0.2) is 36.0 Å². The van der Waals surface area contributed by atoms with Crippen LogP contribution < -0.4 is 15.4 Å². The molecule has 0 unspecified atom stereocenters. The number of furan rings is 1. The molecule has 10 heteroatoms. The van der Waals surface area contributed by atoms with E-state index in [9.17, 15) is 8.96 Å². The maximum Gasteiger partial charge on any atom is 0.141 e. The first-order valence-corrected chi connectivity index (χ1v) is 15.9. The SMILES string of the molecule is CP(C)(=O)CCNCc1ccc(-c2ccc3ncnc(Nc4ccc(OCc5cccc(F)c5)c(Cl)c4)c3c2)o1. The molecular formula is C30H29ClFN4O3P. The van der Waals surface area contributed by atoms with Crippen LogP contribution in [0.4, 0.5) is 15.9 Å². The number of rotatable bonds is 11. The number of nitrogens with zero attached hydrogens (tertiary/aromatic N) is 2. The summed E-state index contributed by atoms with van der Waals surface area (Å²) in [6.07, 6.45) is 2.15. The van der Waals surface area contributed by atoms with E-state index >= 15 is 0 Å². The summed E-state index contributed by atoms with van der Waals surface area (Å²) in [4.78, 5) is 8.85. The lowest BCUT2D eigenvalue weighted by molar-refractivity contribution is 0.306. The van der Waals surface area contributed by atoms with Crippen molar-refractivity contribution < 1.29 is 18.1 Å². The first-order valence-electron chi connectivity index (χ1n) is 12.8. The van der Waals surface area contributed by atoms with Crippen LogP contribution in [-0.2, 0) is 17.7 Å². The Kier molecular flexibility index (Phi) is 8.50. The number of fused-ring (bicyclic) bond motifs is 1. The third-order valence-electron chi connectivity index (χ3n) is 6.19. The van der Waals surface area contributed by atoms with Gasteiger partial charge < -0.3 is 24.4 Å². The monoisotopic (exact) mass is 578 g/mol. The summed E-state index contributed by atoms with van der Waals surface area (Å²) in [5.74, 6) is 2.33. The molecule has 0 saturated heterocycles. The number of hydrogen-bond donors (Lipinski definition) is 2. The number of ether oxygens (including phenoxy) is 1. The number of halogens is 2. The number of aromatic nitrogens is 2. The van der Waals surface area contributed by atoms with Gasteiger partial charge in [-0.05, 0) is 79.6 Å². The van der Waals surface area contributed by atoms with Crippen molar-refractivity contribution >= 4 is 41.2 Å². The van der Waals surface area contributed by atoms with E-state index in [0.29, 0.717) is 41.4 Å². The lowest BCUT2D eigenvalue weighted by Crippen LogP contribution is -2.17. The predicted molar refractivity (Wildman–Crippen MR) is 159 cm³/mol. The van der Waals surface area contributed by atoms with Gasteiger partial charge in [-0.15, -0.1) is 0 Å². The van der Waals surface area contributed by atoms with Gasteiger partial charge in [0.1, 0.15) is 41.8 Å². The Balaban J connectivity index is 1.29. The molecule has 5 rings (SSSR count). The zero-order chi connectivity index (χ0) is 28.1. The minimum Gasteiger partial charge on any atom is -0.487 e. The minimum absolute atomic E-state index is 0.202. The standard InChI is InChI=1S/C30H29ClFN4O3P/c1-40(2,37)13-12-33-17-24-8-11-28(39-24)21-6-9-27-25(15-21)30(35-19-34-27)36-23-7-10-29(26(31)16-23)38-18-20-4-3-5-22(32)14-20/h3-11,14-16,19,33H,12-13,17-18H2,1-2H3,(H,34,35,36). The molecule has 0 fully saturated rings. The zero-order valence-electron chi connectivity index (χ0n) is 22.2. The third kappa shape index (κ3) is 7.27. The van der Waals surface area contributed by atoms with E-state index in [4.69, 9.17) is 20.8 Å². The molecule has 0 radical (unpaired) electrons. The Morgan fingerprint density at radius 3 is 2.70 bits per heavy atom. The Morgan fingerprint density at radius 2 is 1.90 bits per heavy atom. The van der Waals surface area contributed by atoms with Crippen molar-refractivity contribution in [2.75, 3.05) is 31.4 Å². The highest BCUT2D eigenvalue weighted by molar-refractivity contribution is 7.62. The maximum atomic E-state index is 13.4. The first kappa shape index (κ1) is 27.8. The van der Waals surface area contributed by atoms with Crippen molar-refractivity contribution in [3.05, 3.63) is 101 Å². The fraction of sp³-hybridized carbons (Fsp3) is 0.200. The Morgan fingerprint density at radius 1 is 1.02 bits per heavy atom. The van der Waals surface area contributed by atoms with Gasteiger partial charge in [-0.1, -0.05) is 23.7 Å². The van der Waals surface area contributed by atoms with Crippen molar-refractivity contribution in [3.8, 4) is 17.1 Å². The van der Waals surface area contributed by atoms with Crippen LogP contribution in [0.25, 0.3) is 22.2 Å². The molecule has 7 nitrogen and oxygen atoms in total. The Hall–Kier alpha value is -3.71. The lowest BCUT2D eigenvalue weighted by Gasteiger charge is -2.12. The van der Waals surface area contributed by atoms with Gasteiger partial charge in [0.05, 0.1) is 24.2 Å². The van der Waals surface area contributed by atoms with Crippen LogP contribution in [0.15, 0.2) is 83.5 Å². The van der Waals surface area contributed by atoms with Gasteiger partial charge in [-0.3, -0.25) is 0 Å². The molecule has 0 saturated carbocycles. The summed E-state index contributed by atoms with van der Waals surface area (Å²) in [6.45, 7) is 5.02. The van der Waals surface area contributed by atoms with E-state index in [0.717, 1.165) is 33.7 Å². The molecule has 0 amide bonds. The van der Waals surface area contributed by atoms with E-state index in [-0.39, 0.29) is 12.4 Å². The van der Waals surface area contributed by atoms with Gasteiger partial charge in [0.2, 0.25) is 0 Å². The normalized spacial score (nSPS) is 11.6. The van der Waals surface area contributed by atoms with Crippen molar-refractivity contribution in [3.63, 3.8) is 0 Å². The molecule has 2 aromatic heterocycles. The highest BCUT2D eigenvalue weighted by Crippen LogP contribution is 2.35. The highest BCUT2D eigenvalue weighted by Gasteiger charge is 2.12. The highest BCUT2D eigenvalue weighted by atomic mass is 35.5. The lowest BCUT2D eigenvalue weighted by atomic mass is 10.1. The van der Waals surface area contributed by atoms with Crippen LogP contribution in [0, 0.1) is 5.82 Å². The second kappa shape index (κ2) is 12.2. The average Bonchev–Trinajstić information content (AvgIpc) is 3.39. The Labute approximate surface area is 237 Å². The van der Waals surface area contributed by atoms with Gasteiger partial charge in [-0.25, -0.2) is 14.4 Å². The molecule has 0 aliphatic carbocycles. The minimum atomic E-state index is -2.04. The second-order valence-electron chi connectivity index (χ2n) is 9.88. The average molecular weight is 579 g/mol. The zero-order valence-corrected chi connectivity index (χ0v) is 23.8. The number of hydrogen-bond acceptors (Lipinski definition) is 7. The maximum absolute atomic E-state index is 13.4. The molecule has 0 atom stereocenters. The van der Waals surface area contributed by atoms with Crippen molar-refractivity contribution in [1.82, 2.24) is 15.3 Å². The van der Waals surface area contributed by atoms with Gasteiger partial charge in [0.15, 0.2) is 0 Å². The molecule has 2 N–H and O–H groups in total. The van der Waals surface area contributed by atoms with Crippen LogP contribution in [0.3, 0.4) is 0 Å². The van der Waals surface area contributed by atoms with E-state index in [1.807, 2.05) is 36.4 Å². The summed E-state index contributed by atoms with van der Waals surface area (Å²) in [5, 5.41) is 7.84. The summed E-state index contributed by atoms with van der Waals surface area (Å²) in [6, 6.07) is 21.3. The number of benzene rings is 3. The summed E-state index contributed by atoms with van der Waals surface area (Å²) in [5.41, 5.74) is 3.11. The molecular weight excluding hydrogens is 550 g/mol. The number of nitrogens with one attached hydrogen (secondary N) is 2. The third-order valence-corrected chi connectivity index (χ3v) is 7.78. The Bertz CT molecular complexity index is 1690. The van der Waals surface area contributed by atoms with E-state index in [1.165, 1.54) is 18.5 Å². The van der Waals surface area contributed by atoms with Crippen molar-refractivity contribution in [2.24, 2.45) is 0 Å². The van der Waals surface area contributed by atoms with E-state index in [1.54, 1.807) is 37.6 Å². The van der Waals surface area contributed by atoms with E-state index in [2.05, 4.69) is 20.6 Å². The summed E-state index contributed by atoms with van der Waals surface area (Å²) in [7, 11) is -2.04. The summed E-state index contributed by atoms with van der Waals surface area (Å²) < 4.78 is 37.2. The molecule has 206 valence electrons. The number of anilines is 2. The van der Waals surface area contributed by atoms with Gasteiger partial charge >= 0.3 is 0 Å². The molecule has 0 spiro atoms. The van der Waals surface area contributed by atoms with Crippen LogP contribution in [0.2, 0.25) is 5.02 Å². The first-order chi connectivity index (χ1) is 19.2. The summed E-state index contributed by atoms with van der Waals surface area (Å²) >= 11 is 6.48. The molecule has 5 aromatic rings. The van der Waals surface area contributed by atoms with Crippen LogP contribution >= 0.6 is 18.7 Å². The molecule has 2 heterocycles. The van der Waals surface area contributed by atoms with E-state index < -0.39 is 7.14 Å². The van der Waals surface area contributed by atoms with Gasteiger partial charge in [0, 0.05) is 29.3 Å². The predicted octanol–water partition coefficient (Wildman–Crippen LogP) is 7.72. The van der Waals surface area contributed by atoms with Crippen LogP contribution in [0.1, 0.15) is 11.3 Å². The van der Waals surface area contributed by atoms with Crippen molar-refractivity contribution in [2.45, 2.75) is 13.2 Å². The largest absolute Gasteiger partial charge is 0.487 e. The fourth-order valence-corrected chi connectivity index (χ4v) is 5.05. The van der Waals surface area contributed by atoms with Crippen molar-refractivity contribution in [1.29, 1.82) is 0 Å². The molecule has 0 bridgehead atoms. The van der Waals surface area contributed by atoms with Crippen LogP contribution in [0.5, 0.6) is 5.75 Å². The molecule has 0 aliphatic heterocycles. The fourth-order valence-electron chi connectivity index (χ4n) is 4.12. The molecule has 3 aromatic carbocycles. The quantitative estimate of drug-likeness (QED) is 0.122. The second-order valence-corrected chi connectivity index (χ2v) is 13.9. The topological polar surface area (TPSA) is 89.3 Å². The molecule has 0 aliphatic rings. The molecule has 40 heavy (non-hydrogen) atoms. The van der Waals surface area contributed by atoms with Gasteiger partial charge in [-0.2, -0.15) is 0 Å².